The SMILES string of the molecule is OB(O)c1cc2c(O)ccc(O)c2s1. The first-order valence-corrected chi connectivity index (χ1v) is 4.72. The Balaban J connectivity index is 2.75. The minimum Gasteiger partial charge on any atom is -0.507 e. The van der Waals surface area contributed by atoms with E-state index in [0.717, 1.165) is 11.3 Å². The fraction of sp³-hybridized carbons (Fsp3) is 0. The molecule has 4 nitrogen and oxygen atoms in total. The Labute approximate surface area is 83.8 Å². The molecule has 0 unspecified atom stereocenters. The highest BCUT2D eigenvalue weighted by atomic mass is 32.1. The highest BCUT2D eigenvalue weighted by Crippen LogP contribution is 2.34. The van der Waals surface area contributed by atoms with Crippen LogP contribution in [0.1, 0.15) is 0 Å². The van der Waals surface area contributed by atoms with Gasteiger partial charge in [0.2, 0.25) is 0 Å². The van der Waals surface area contributed by atoms with Crippen LogP contribution in [0.5, 0.6) is 11.5 Å². The fourth-order valence-electron chi connectivity index (χ4n) is 1.24. The average molecular weight is 210 g/mol. The molecule has 1 aromatic heterocycles. The van der Waals surface area contributed by atoms with E-state index < -0.39 is 7.12 Å². The summed E-state index contributed by atoms with van der Waals surface area (Å²) in [5.74, 6) is 0.0376. The van der Waals surface area contributed by atoms with Gasteiger partial charge < -0.3 is 20.3 Å². The summed E-state index contributed by atoms with van der Waals surface area (Å²) >= 11 is 1.04. The van der Waals surface area contributed by atoms with E-state index in [1.54, 1.807) is 0 Å². The van der Waals surface area contributed by atoms with Crippen molar-refractivity contribution in [2.75, 3.05) is 0 Å². The van der Waals surface area contributed by atoms with E-state index in [9.17, 15) is 10.2 Å². The van der Waals surface area contributed by atoms with Gasteiger partial charge in [0.25, 0.3) is 0 Å². The first-order chi connectivity index (χ1) is 6.59. The van der Waals surface area contributed by atoms with Gasteiger partial charge in [0.15, 0.2) is 0 Å². The molecule has 0 bridgehead atoms. The number of hydrogen-bond donors (Lipinski definition) is 4. The van der Waals surface area contributed by atoms with Gasteiger partial charge in [-0.2, -0.15) is 0 Å². The summed E-state index contributed by atoms with van der Waals surface area (Å²) in [6, 6.07) is 4.17. The predicted octanol–water partition coefficient (Wildman–Crippen LogP) is -0.00770. The van der Waals surface area contributed by atoms with Crippen LogP contribution in [0, 0.1) is 0 Å². The van der Waals surface area contributed by atoms with Gasteiger partial charge in [-0.25, -0.2) is 0 Å². The van der Waals surface area contributed by atoms with Crippen LogP contribution in [0.3, 0.4) is 0 Å². The first-order valence-electron chi connectivity index (χ1n) is 3.90. The van der Waals surface area contributed by atoms with Gasteiger partial charge in [0, 0.05) is 10.2 Å². The molecule has 1 heterocycles. The van der Waals surface area contributed by atoms with Crippen LogP contribution < -0.4 is 4.78 Å². The molecule has 0 fully saturated rings. The van der Waals surface area contributed by atoms with Crippen molar-refractivity contribution in [1.29, 1.82) is 0 Å². The molecular weight excluding hydrogens is 203 g/mol. The van der Waals surface area contributed by atoms with Crippen LogP contribution in [0.25, 0.3) is 10.1 Å². The zero-order valence-corrected chi connectivity index (χ0v) is 7.82. The Hall–Kier alpha value is -1.24. The van der Waals surface area contributed by atoms with Gasteiger partial charge in [-0.3, -0.25) is 0 Å². The van der Waals surface area contributed by atoms with Gasteiger partial charge in [0.1, 0.15) is 11.5 Å². The van der Waals surface area contributed by atoms with Crippen molar-refractivity contribution >= 4 is 33.3 Å². The van der Waals surface area contributed by atoms with E-state index in [0.29, 0.717) is 10.1 Å². The Bertz CT molecular complexity index is 440. The van der Waals surface area contributed by atoms with Crippen LogP contribution in [0.15, 0.2) is 18.2 Å². The molecule has 0 spiro atoms. The van der Waals surface area contributed by atoms with E-state index in [4.69, 9.17) is 10.0 Å². The van der Waals surface area contributed by atoms with Crippen LogP contribution in [0.2, 0.25) is 0 Å². The number of phenolic OH excluding ortho intramolecular Hbond substituents is 2. The quantitative estimate of drug-likeness (QED) is 0.394. The lowest BCUT2D eigenvalue weighted by molar-refractivity contribution is 0.427. The molecule has 2 aromatic rings. The molecule has 6 heteroatoms. The molecule has 0 saturated heterocycles. The van der Waals surface area contributed by atoms with E-state index in [2.05, 4.69) is 0 Å². The van der Waals surface area contributed by atoms with Gasteiger partial charge in [-0.15, -0.1) is 11.3 Å². The number of thiophene rings is 1. The van der Waals surface area contributed by atoms with Crippen molar-refractivity contribution in [1.82, 2.24) is 0 Å². The average Bonchev–Trinajstić information content (AvgIpc) is 2.57. The molecule has 2 rings (SSSR count). The highest BCUT2D eigenvalue weighted by Gasteiger charge is 2.17. The van der Waals surface area contributed by atoms with Crippen molar-refractivity contribution in [2.24, 2.45) is 0 Å². The van der Waals surface area contributed by atoms with Crippen molar-refractivity contribution in [3.63, 3.8) is 0 Å². The van der Waals surface area contributed by atoms with Gasteiger partial charge in [-0.05, 0) is 18.2 Å². The second-order valence-corrected chi connectivity index (χ2v) is 3.95. The predicted molar refractivity (Wildman–Crippen MR) is 55.0 cm³/mol. The normalized spacial score (nSPS) is 10.7. The van der Waals surface area contributed by atoms with E-state index in [1.165, 1.54) is 18.2 Å². The molecule has 0 saturated carbocycles. The maximum absolute atomic E-state index is 9.43. The Kier molecular flexibility index (Phi) is 2.11. The summed E-state index contributed by atoms with van der Waals surface area (Å²) in [6.07, 6.45) is 0. The van der Waals surface area contributed by atoms with Crippen LogP contribution in [-0.2, 0) is 0 Å². The Morgan fingerprint density at radius 3 is 2.29 bits per heavy atom. The fourth-order valence-corrected chi connectivity index (χ4v) is 2.21. The van der Waals surface area contributed by atoms with Gasteiger partial charge in [0.05, 0.1) is 4.70 Å². The minimum absolute atomic E-state index is 0.0148. The molecule has 0 amide bonds. The summed E-state index contributed by atoms with van der Waals surface area (Å²) in [7, 11) is -1.58. The third kappa shape index (κ3) is 1.33. The third-order valence-corrected chi connectivity index (χ3v) is 3.11. The van der Waals surface area contributed by atoms with Crippen molar-refractivity contribution in [3.05, 3.63) is 18.2 Å². The van der Waals surface area contributed by atoms with E-state index in [1.807, 2.05) is 0 Å². The van der Waals surface area contributed by atoms with Gasteiger partial charge in [-0.1, -0.05) is 0 Å². The zero-order chi connectivity index (χ0) is 10.3. The number of hydrogen-bond acceptors (Lipinski definition) is 5. The maximum atomic E-state index is 9.43. The lowest BCUT2D eigenvalue weighted by atomic mass is 9.89. The second-order valence-electron chi connectivity index (χ2n) is 2.87. The van der Waals surface area contributed by atoms with Crippen molar-refractivity contribution in [2.45, 2.75) is 0 Å². The maximum Gasteiger partial charge on any atom is 0.499 e. The molecule has 0 aliphatic heterocycles. The molecule has 1 aromatic carbocycles. The minimum atomic E-state index is -1.58. The lowest BCUT2D eigenvalue weighted by Crippen LogP contribution is -2.26. The number of aromatic hydroxyl groups is 2. The molecule has 0 atom stereocenters. The summed E-state index contributed by atoms with van der Waals surface area (Å²) in [5.41, 5.74) is 0. The Morgan fingerprint density at radius 1 is 1.07 bits per heavy atom. The summed E-state index contributed by atoms with van der Waals surface area (Å²) in [5, 5.41) is 37.1. The summed E-state index contributed by atoms with van der Waals surface area (Å²) in [4.78, 5) is 0. The van der Waals surface area contributed by atoms with Gasteiger partial charge >= 0.3 is 7.12 Å². The number of rotatable bonds is 1. The molecule has 0 aliphatic rings. The largest absolute Gasteiger partial charge is 0.507 e. The third-order valence-electron chi connectivity index (χ3n) is 1.91. The molecule has 0 radical (unpaired) electrons. The molecular formula is C8H7BO4S. The van der Waals surface area contributed by atoms with E-state index >= 15 is 0 Å². The monoisotopic (exact) mass is 210 g/mol. The smallest absolute Gasteiger partial charge is 0.499 e. The van der Waals surface area contributed by atoms with Crippen LogP contribution in [0.4, 0.5) is 0 Å². The highest BCUT2D eigenvalue weighted by molar-refractivity contribution is 7.28. The lowest BCUT2D eigenvalue weighted by Gasteiger charge is -1.95. The molecule has 72 valence electrons. The van der Waals surface area contributed by atoms with Crippen LogP contribution in [-0.4, -0.2) is 27.4 Å². The second kappa shape index (κ2) is 3.16. The van der Waals surface area contributed by atoms with Crippen molar-refractivity contribution < 1.29 is 20.3 Å². The van der Waals surface area contributed by atoms with E-state index in [-0.39, 0.29) is 16.3 Å². The molecule has 14 heavy (non-hydrogen) atoms. The first kappa shape index (κ1) is 9.33. The van der Waals surface area contributed by atoms with Crippen molar-refractivity contribution in [3.8, 4) is 11.5 Å². The zero-order valence-electron chi connectivity index (χ0n) is 7.01. The number of phenols is 2. The number of benzene rings is 1. The Morgan fingerprint density at radius 2 is 1.71 bits per heavy atom. The number of fused-ring (bicyclic) bond motifs is 1. The summed E-state index contributed by atoms with van der Waals surface area (Å²) in [6.45, 7) is 0. The topological polar surface area (TPSA) is 80.9 Å². The standard InChI is InChI=1S/C8H7BO4S/c10-5-1-2-6(11)8-4(5)3-7(14-8)9(12)13/h1-3,10-13H. The molecule has 4 N–H and O–H groups in total. The molecule has 0 aliphatic carbocycles. The summed E-state index contributed by atoms with van der Waals surface area (Å²) < 4.78 is 0.741. The van der Waals surface area contributed by atoms with Crippen LogP contribution >= 0.6 is 11.3 Å².